The Hall–Kier alpha value is -1.18. The lowest BCUT2D eigenvalue weighted by Gasteiger charge is -2.27. The first kappa shape index (κ1) is 15.2. The topological polar surface area (TPSA) is 65.8 Å². The molecule has 0 bridgehead atoms. The molecule has 0 saturated carbocycles. The molecule has 0 aromatic carbocycles. The van der Waals surface area contributed by atoms with Crippen molar-refractivity contribution in [3.63, 3.8) is 0 Å². The summed E-state index contributed by atoms with van der Waals surface area (Å²) in [5.74, 6) is -0.1000. The first-order valence-electron chi connectivity index (χ1n) is 6.65. The standard InChI is InChI=1S/C13H21N3O3S/c1-9-8-20-13(19)15(9)7-12(18)16-6-11(17)4-10(16)5-14(2)3/h8,10-11,17H,4-7H2,1-3H3. The summed E-state index contributed by atoms with van der Waals surface area (Å²) in [6.07, 6.45) is 0.130. The van der Waals surface area contributed by atoms with E-state index in [0.29, 0.717) is 13.0 Å². The number of aromatic nitrogens is 1. The van der Waals surface area contributed by atoms with E-state index in [1.807, 2.05) is 25.9 Å². The summed E-state index contributed by atoms with van der Waals surface area (Å²) in [6.45, 7) is 2.96. The molecule has 1 amide bonds. The van der Waals surface area contributed by atoms with Gasteiger partial charge in [-0.25, -0.2) is 0 Å². The van der Waals surface area contributed by atoms with Crippen molar-refractivity contribution in [1.82, 2.24) is 14.4 Å². The summed E-state index contributed by atoms with van der Waals surface area (Å²) in [4.78, 5) is 27.7. The van der Waals surface area contributed by atoms with Gasteiger partial charge in [0.05, 0.1) is 6.10 Å². The fraction of sp³-hybridized carbons (Fsp3) is 0.692. The van der Waals surface area contributed by atoms with Gasteiger partial charge in [0, 0.05) is 30.2 Å². The lowest BCUT2D eigenvalue weighted by Crippen LogP contribution is -2.43. The van der Waals surface area contributed by atoms with Gasteiger partial charge in [0.2, 0.25) is 5.91 Å². The highest BCUT2D eigenvalue weighted by Gasteiger charge is 2.34. The first-order chi connectivity index (χ1) is 9.38. The SMILES string of the molecule is Cc1csc(=O)n1CC(=O)N1CC(O)CC1CN(C)C. The summed E-state index contributed by atoms with van der Waals surface area (Å²) >= 11 is 1.11. The number of rotatable bonds is 4. The Morgan fingerprint density at radius 1 is 1.55 bits per heavy atom. The van der Waals surface area contributed by atoms with Crippen LogP contribution in [0.1, 0.15) is 12.1 Å². The number of likely N-dealkylation sites (N-methyl/N-ethyl adjacent to an activating group) is 1. The maximum absolute atomic E-state index is 12.4. The van der Waals surface area contributed by atoms with Crippen molar-refractivity contribution in [2.45, 2.75) is 32.0 Å². The number of thiazole rings is 1. The molecular weight excluding hydrogens is 278 g/mol. The molecule has 6 nitrogen and oxygen atoms in total. The molecular formula is C13H21N3O3S. The van der Waals surface area contributed by atoms with E-state index < -0.39 is 6.10 Å². The van der Waals surface area contributed by atoms with Gasteiger partial charge < -0.3 is 14.9 Å². The smallest absolute Gasteiger partial charge is 0.307 e. The Kier molecular flexibility index (Phi) is 4.62. The molecule has 1 saturated heterocycles. The van der Waals surface area contributed by atoms with Gasteiger partial charge in [-0.05, 0) is 27.4 Å². The fourth-order valence-corrected chi connectivity index (χ4v) is 3.35. The van der Waals surface area contributed by atoms with Crippen LogP contribution in [0.5, 0.6) is 0 Å². The lowest BCUT2D eigenvalue weighted by atomic mass is 10.2. The molecule has 1 aromatic rings. The minimum atomic E-state index is -0.468. The fourth-order valence-electron chi connectivity index (χ4n) is 2.61. The molecule has 2 heterocycles. The maximum Gasteiger partial charge on any atom is 0.307 e. The molecule has 1 aliphatic heterocycles. The second-order valence-electron chi connectivity index (χ2n) is 5.58. The summed E-state index contributed by atoms with van der Waals surface area (Å²) in [5, 5.41) is 11.5. The van der Waals surface area contributed by atoms with E-state index in [9.17, 15) is 14.7 Å². The highest BCUT2D eigenvalue weighted by atomic mass is 32.1. The molecule has 2 atom stereocenters. The van der Waals surface area contributed by atoms with Crippen molar-refractivity contribution in [2.75, 3.05) is 27.2 Å². The average Bonchev–Trinajstić information content (AvgIpc) is 2.85. The highest BCUT2D eigenvalue weighted by Crippen LogP contribution is 2.19. The summed E-state index contributed by atoms with van der Waals surface area (Å²) in [7, 11) is 3.89. The van der Waals surface area contributed by atoms with Crippen molar-refractivity contribution >= 4 is 17.2 Å². The highest BCUT2D eigenvalue weighted by molar-refractivity contribution is 7.07. The quantitative estimate of drug-likeness (QED) is 0.832. The summed E-state index contributed by atoms with van der Waals surface area (Å²) < 4.78 is 1.49. The van der Waals surface area contributed by atoms with Crippen LogP contribution < -0.4 is 4.87 Å². The van der Waals surface area contributed by atoms with Gasteiger partial charge in [-0.2, -0.15) is 0 Å². The normalized spacial score (nSPS) is 22.8. The predicted molar refractivity (Wildman–Crippen MR) is 78.0 cm³/mol. The van der Waals surface area contributed by atoms with Gasteiger partial charge in [0.25, 0.3) is 0 Å². The Bertz CT molecular complexity index is 537. The molecule has 1 aliphatic rings. The number of aliphatic hydroxyl groups excluding tert-OH is 1. The molecule has 0 aliphatic carbocycles. The number of aryl methyl sites for hydroxylation is 1. The predicted octanol–water partition coefficient (Wildman–Crippen LogP) is -0.258. The monoisotopic (exact) mass is 299 g/mol. The number of nitrogens with zero attached hydrogens (tertiary/aromatic N) is 3. The Morgan fingerprint density at radius 2 is 2.25 bits per heavy atom. The van der Waals surface area contributed by atoms with Gasteiger partial charge in [0.15, 0.2) is 0 Å². The maximum atomic E-state index is 12.4. The molecule has 1 aromatic heterocycles. The van der Waals surface area contributed by atoms with E-state index in [1.54, 1.807) is 10.3 Å². The minimum Gasteiger partial charge on any atom is -0.391 e. The van der Waals surface area contributed by atoms with Gasteiger partial charge >= 0.3 is 4.87 Å². The molecule has 7 heteroatoms. The number of β-amino-alcohol motifs (C(OH)–C–C–N with tert-alkyl or cyclic N) is 1. The molecule has 1 N–H and O–H groups in total. The zero-order valence-corrected chi connectivity index (χ0v) is 12.9. The third kappa shape index (κ3) is 3.28. The van der Waals surface area contributed by atoms with E-state index in [0.717, 1.165) is 23.6 Å². The molecule has 112 valence electrons. The van der Waals surface area contributed by atoms with Crippen LogP contribution in [0.15, 0.2) is 10.2 Å². The molecule has 0 spiro atoms. The number of aliphatic hydroxyl groups is 1. The number of hydrogen-bond acceptors (Lipinski definition) is 5. The van der Waals surface area contributed by atoms with Crippen LogP contribution in [0.2, 0.25) is 0 Å². The third-order valence-corrected chi connectivity index (χ3v) is 4.44. The zero-order chi connectivity index (χ0) is 14.9. The summed E-state index contributed by atoms with van der Waals surface area (Å²) in [6, 6.07) is 0.0159. The molecule has 20 heavy (non-hydrogen) atoms. The van der Waals surface area contributed by atoms with Crippen molar-refractivity contribution in [1.29, 1.82) is 0 Å². The number of likely N-dealkylation sites (tertiary alicyclic amines) is 1. The van der Waals surface area contributed by atoms with Crippen molar-refractivity contribution in [2.24, 2.45) is 0 Å². The number of hydrogen-bond donors (Lipinski definition) is 1. The van der Waals surface area contributed by atoms with Crippen LogP contribution in [0.4, 0.5) is 0 Å². The second-order valence-corrected chi connectivity index (χ2v) is 6.40. The van der Waals surface area contributed by atoms with Crippen molar-refractivity contribution in [3.05, 3.63) is 20.7 Å². The number of carbonyl (C=O) groups excluding carboxylic acids is 1. The van der Waals surface area contributed by atoms with E-state index in [1.165, 1.54) is 4.57 Å². The molecule has 2 unspecified atom stereocenters. The Morgan fingerprint density at radius 3 is 2.80 bits per heavy atom. The zero-order valence-electron chi connectivity index (χ0n) is 12.1. The minimum absolute atomic E-state index is 0.0159. The van der Waals surface area contributed by atoms with Gasteiger partial charge in [-0.1, -0.05) is 11.3 Å². The van der Waals surface area contributed by atoms with Crippen LogP contribution in [-0.2, 0) is 11.3 Å². The van der Waals surface area contributed by atoms with Crippen LogP contribution >= 0.6 is 11.3 Å². The molecule has 1 fully saturated rings. The van der Waals surface area contributed by atoms with E-state index in [-0.39, 0.29) is 23.4 Å². The van der Waals surface area contributed by atoms with Gasteiger partial charge in [-0.15, -0.1) is 0 Å². The van der Waals surface area contributed by atoms with Crippen molar-refractivity contribution in [3.8, 4) is 0 Å². The molecule has 2 rings (SSSR count). The van der Waals surface area contributed by atoms with Crippen LogP contribution in [0.25, 0.3) is 0 Å². The summed E-state index contributed by atoms with van der Waals surface area (Å²) in [5.41, 5.74) is 0.803. The Balaban J connectivity index is 2.09. The first-order valence-corrected chi connectivity index (χ1v) is 7.53. The van der Waals surface area contributed by atoms with E-state index >= 15 is 0 Å². The van der Waals surface area contributed by atoms with Crippen molar-refractivity contribution < 1.29 is 9.90 Å². The van der Waals surface area contributed by atoms with E-state index in [4.69, 9.17) is 0 Å². The van der Waals surface area contributed by atoms with Gasteiger partial charge in [0.1, 0.15) is 6.54 Å². The Labute approximate surface area is 122 Å². The molecule has 0 radical (unpaired) electrons. The van der Waals surface area contributed by atoms with E-state index in [2.05, 4.69) is 0 Å². The van der Waals surface area contributed by atoms with Gasteiger partial charge in [-0.3, -0.25) is 14.2 Å². The van der Waals surface area contributed by atoms with Crippen LogP contribution in [-0.4, -0.2) is 64.7 Å². The third-order valence-electron chi connectivity index (χ3n) is 3.56. The lowest BCUT2D eigenvalue weighted by molar-refractivity contribution is -0.133. The number of carbonyl (C=O) groups is 1. The largest absolute Gasteiger partial charge is 0.391 e. The van der Waals surface area contributed by atoms with Crippen LogP contribution in [0.3, 0.4) is 0 Å². The number of amides is 1. The average molecular weight is 299 g/mol. The second kappa shape index (κ2) is 6.07. The van der Waals surface area contributed by atoms with Crippen LogP contribution in [0, 0.1) is 6.92 Å².